The molecule has 2 rings (SSSR count). The number of carboxylic acids is 1. The molecule has 0 spiro atoms. The van der Waals surface area contributed by atoms with Gasteiger partial charge in [0.15, 0.2) is 0 Å². The first-order valence-electron chi connectivity index (χ1n) is 7.52. The smallest absolute Gasteiger partial charge is 0.329 e. The van der Waals surface area contributed by atoms with E-state index in [1.807, 2.05) is 6.92 Å². The zero-order valence-electron chi connectivity index (χ0n) is 13.7. The van der Waals surface area contributed by atoms with Crippen LogP contribution in [-0.2, 0) is 4.79 Å². The fourth-order valence-corrected chi connectivity index (χ4v) is 2.34. The second-order valence-corrected chi connectivity index (χ2v) is 5.71. The number of hydrogen-bond acceptors (Lipinski definition) is 4. The predicted molar refractivity (Wildman–Crippen MR) is 84.5 cm³/mol. The van der Waals surface area contributed by atoms with Crippen molar-refractivity contribution in [2.75, 3.05) is 0 Å². The minimum absolute atomic E-state index is 0.139. The molecule has 0 bridgehead atoms. The van der Waals surface area contributed by atoms with Gasteiger partial charge in [-0.1, -0.05) is 13.3 Å². The van der Waals surface area contributed by atoms with E-state index in [0.29, 0.717) is 17.9 Å². The van der Waals surface area contributed by atoms with E-state index in [1.165, 1.54) is 35.9 Å². The molecule has 1 aromatic carbocycles. The number of rotatable bonds is 6. The molecule has 2 N–H and O–H groups in total. The van der Waals surface area contributed by atoms with Crippen LogP contribution in [0.2, 0.25) is 0 Å². The number of nitrogens with zero attached hydrogens (tertiary/aromatic N) is 3. The Morgan fingerprint density at radius 3 is 2.50 bits per heavy atom. The average Bonchev–Trinajstić information content (AvgIpc) is 2.90. The van der Waals surface area contributed by atoms with Crippen molar-refractivity contribution in [1.29, 1.82) is 0 Å². The Bertz CT molecular complexity index is 757. The third-order valence-electron chi connectivity index (χ3n) is 3.65. The Hall–Kier alpha value is -2.77. The summed E-state index contributed by atoms with van der Waals surface area (Å²) in [6, 6.07) is 5.58. The molecular formula is C16H19FN4O3. The number of carbonyl (C=O) groups excluding carboxylic acids is 1. The lowest BCUT2D eigenvalue weighted by Gasteiger charge is -2.24. The summed E-state index contributed by atoms with van der Waals surface area (Å²) in [5, 5.41) is 15.9. The monoisotopic (exact) mass is 334 g/mol. The molecule has 1 amide bonds. The standard InChI is InChI=1S/C16H19FN4O3/c1-4-9-16(3,15(23)24)19-14(22)13-18-10(2)21(20-13)12-7-5-11(17)6-8-12/h5-8H,4,9H2,1-3H3,(H,19,22)(H,23,24). The van der Waals surface area contributed by atoms with Crippen molar-refractivity contribution in [2.45, 2.75) is 39.2 Å². The second-order valence-electron chi connectivity index (χ2n) is 5.71. The van der Waals surface area contributed by atoms with Gasteiger partial charge < -0.3 is 10.4 Å². The highest BCUT2D eigenvalue weighted by atomic mass is 19.1. The summed E-state index contributed by atoms with van der Waals surface area (Å²) in [6.07, 6.45) is 0.880. The van der Waals surface area contributed by atoms with Crippen molar-refractivity contribution < 1.29 is 19.1 Å². The lowest BCUT2D eigenvalue weighted by atomic mass is 9.96. The lowest BCUT2D eigenvalue weighted by Crippen LogP contribution is -2.52. The third kappa shape index (κ3) is 3.58. The summed E-state index contributed by atoms with van der Waals surface area (Å²) >= 11 is 0. The normalized spacial score (nSPS) is 13.3. The van der Waals surface area contributed by atoms with Gasteiger partial charge in [0.25, 0.3) is 5.91 Å². The van der Waals surface area contributed by atoms with Gasteiger partial charge in [-0.05, 0) is 44.5 Å². The average molecular weight is 334 g/mol. The first-order chi connectivity index (χ1) is 11.3. The Balaban J connectivity index is 2.27. The van der Waals surface area contributed by atoms with Gasteiger partial charge in [-0.15, -0.1) is 5.10 Å². The maximum absolute atomic E-state index is 13.0. The fourth-order valence-electron chi connectivity index (χ4n) is 2.34. The molecule has 24 heavy (non-hydrogen) atoms. The van der Waals surface area contributed by atoms with Crippen LogP contribution in [0.4, 0.5) is 4.39 Å². The largest absolute Gasteiger partial charge is 0.480 e. The number of aryl methyl sites for hydroxylation is 1. The van der Waals surface area contributed by atoms with Crippen molar-refractivity contribution in [3.8, 4) is 5.69 Å². The SMILES string of the molecule is CCCC(C)(NC(=O)c1nc(C)n(-c2ccc(F)cc2)n1)C(=O)O. The van der Waals surface area contributed by atoms with E-state index in [2.05, 4.69) is 15.4 Å². The lowest BCUT2D eigenvalue weighted by molar-refractivity contribution is -0.144. The molecule has 1 atom stereocenters. The molecule has 1 unspecified atom stereocenters. The van der Waals surface area contributed by atoms with Crippen molar-refractivity contribution in [1.82, 2.24) is 20.1 Å². The summed E-state index contributed by atoms with van der Waals surface area (Å²) in [4.78, 5) is 27.8. The molecule has 0 saturated heterocycles. The van der Waals surface area contributed by atoms with Gasteiger partial charge in [0.1, 0.15) is 17.2 Å². The van der Waals surface area contributed by atoms with E-state index in [0.717, 1.165) is 0 Å². The second kappa shape index (κ2) is 6.77. The van der Waals surface area contributed by atoms with Gasteiger partial charge in [-0.2, -0.15) is 0 Å². The summed E-state index contributed by atoms with van der Waals surface area (Å²) < 4.78 is 14.4. The topological polar surface area (TPSA) is 97.1 Å². The number of aliphatic carboxylic acids is 1. The number of halogens is 1. The van der Waals surface area contributed by atoms with Gasteiger partial charge in [0.2, 0.25) is 5.82 Å². The number of benzene rings is 1. The summed E-state index contributed by atoms with van der Waals surface area (Å²) in [6.45, 7) is 4.93. The molecular weight excluding hydrogens is 315 g/mol. The van der Waals surface area contributed by atoms with Crippen molar-refractivity contribution in [3.63, 3.8) is 0 Å². The maximum Gasteiger partial charge on any atom is 0.329 e. The maximum atomic E-state index is 13.0. The van der Waals surface area contributed by atoms with Crippen molar-refractivity contribution in [3.05, 3.63) is 41.7 Å². The molecule has 0 aliphatic heterocycles. The van der Waals surface area contributed by atoms with Crippen LogP contribution < -0.4 is 5.32 Å². The molecule has 0 saturated carbocycles. The molecule has 1 aromatic heterocycles. The van der Waals surface area contributed by atoms with Crippen LogP contribution >= 0.6 is 0 Å². The fraction of sp³-hybridized carbons (Fsp3) is 0.375. The number of carbonyl (C=O) groups is 2. The Kier molecular flexibility index (Phi) is 4.96. The molecule has 0 aliphatic rings. The van der Waals surface area contributed by atoms with E-state index in [-0.39, 0.29) is 18.1 Å². The molecule has 0 aliphatic carbocycles. The van der Waals surface area contributed by atoms with Gasteiger partial charge >= 0.3 is 5.97 Å². The highest BCUT2D eigenvalue weighted by Crippen LogP contribution is 2.15. The number of amides is 1. The Labute approximate surface area is 138 Å². The molecule has 1 heterocycles. The zero-order valence-corrected chi connectivity index (χ0v) is 13.7. The van der Waals surface area contributed by atoms with Crippen LogP contribution in [0.5, 0.6) is 0 Å². The molecule has 2 aromatic rings. The van der Waals surface area contributed by atoms with E-state index in [9.17, 15) is 19.1 Å². The highest BCUT2D eigenvalue weighted by molar-refractivity contribution is 5.94. The van der Waals surface area contributed by atoms with Crippen LogP contribution in [0.15, 0.2) is 24.3 Å². The summed E-state index contributed by atoms with van der Waals surface area (Å²) in [5.74, 6) is -1.88. The highest BCUT2D eigenvalue weighted by Gasteiger charge is 2.35. The van der Waals surface area contributed by atoms with Crippen LogP contribution in [-0.4, -0.2) is 37.3 Å². The van der Waals surface area contributed by atoms with Gasteiger partial charge in [0, 0.05) is 0 Å². The van der Waals surface area contributed by atoms with Crippen LogP contribution in [0.25, 0.3) is 5.69 Å². The summed E-state index contributed by atoms with van der Waals surface area (Å²) in [5.41, 5.74) is -0.837. The molecule has 7 nitrogen and oxygen atoms in total. The van der Waals surface area contributed by atoms with Gasteiger partial charge in [-0.3, -0.25) is 4.79 Å². The number of hydrogen-bond donors (Lipinski definition) is 2. The first-order valence-corrected chi connectivity index (χ1v) is 7.52. The molecule has 128 valence electrons. The zero-order chi connectivity index (χ0) is 17.9. The van der Waals surface area contributed by atoms with Gasteiger partial charge in [0.05, 0.1) is 5.69 Å². The molecule has 0 fully saturated rings. The number of carboxylic acid groups (broad SMARTS) is 1. The van der Waals surface area contributed by atoms with Gasteiger partial charge in [-0.25, -0.2) is 18.9 Å². The van der Waals surface area contributed by atoms with E-state index < -0.39 is 17.4 Å². The molecule has 0 radical (unpaired) electrons. The minimum Gasteiger partial charge on any atom is -0.480 e. The minimum atomic E-state index is -1.39. The van der Waals surface area contributed by atoms with Crippen LogP contribution in [0.1, 0.15) is 43.1 Å². The van der Waals surface area contributed by atoms with Crippen molar-refractivity contribution in [2.24, 2.45) is 0 Å². The van der Waals surface area contributed by atoms with Crippen LogP contribution in [0.3, 0.4) is 0 Å². The number of aromatic nitrogens is 3. The summed E-state index contributed by atoms with van der Waals surface area (Å²) in [7, 11) is 0. The number of nitrogens with one attached hydrogen (secondary N) is 1. The quantitative estimate of drug-likeness (QED) is 0.843. The third-order valence-corrected chi connectivity index (χ3v) is 3.65. The predicted octanol–water partition coefficient (Wildman–Crippen LogP) is 2.09. The van der Waals surface area contributed by atoms with E-state index >= 15 is 0 Å². The first kappa shape index (κ1) is 17.6. The Morgan fingerprint density at radius 2 is 1.96 bits per heavy atom. The van der Waals surface area contributed by atoms with Crippen molar-refractivity contribution >= 4 is 11.9 Å². The Morgan fingerprint density at radius 1 is 1.33 bits per heavy atom. The van der Waals surface area contributed by atoms with E-state index in [1.54, 1.807) is 6.92 Å². The van der Waals surface area contributed by atoms with E-state index in [4.69, 9.17) is 0 Å². The molecule has 8 heteroatoms. The van der Waals surface area contributed by atoms with Crippen LogP contribution in [0, 0.1) is 12.7 Å².